The van der Waals surface area contributed by atoms with Crippen LogP contribution < -0.4 is 5.56 Å². The van der Waals surface area contributed by atoms with Crippen LogP contribution in [0.15, 0.2) is 27.2 Å². The second kappa shape index (κ2) is 8.73. The zero-order chi connectivity index (χ0) is 23.9. The van der Waals surface area contributed by atoms with Crippen LogP contribution in [-0.4, -0.2) is 54.4 Å². The third kappa shape index (κ3) is 4.62. The molecule has 1 saturated carbocycles. The number of rotatable bonds is 3. The summed E-state index contributed by atoms with van der Waals surface area (Å²) in [7, 11) is 0. The van der Waals surface area contributed by atoms with E-state index in [0.717, 1.165) is 18.5 Å². The van der Waals surface area contributed by atoms with Gasteiger partial charge in [0.05, 0.1) is 17.5 Å². The van der Waals surface area contributed by atoms with Gasteiger partial charge in [-0.3, -0.25) is 4.79 Å². The molecule has 1 N–H and O–H groups in total. The number of aromatic nitrogens is 5. The molecule has 0 bridgehead atoms. The molecule has 10 nitrogen and oxygen atoms in total. The molecule has 1 saturated heterocycles. The van der Waals surface area contributed by atoms with E-state index in [1.54, 1.807) is 21.7 Å². The number of carbonyl (C=O) groups excluding carboxylic acids is 1. The summed E-state index contributed by atoms with van der Waals surface area (Å²) in [5.74, 6) is 0.954. The van der Waals surface area contributed by atoms with E-state index in [4.69, 9.17) is 9.26 Å². The molecule has 2 aliphatic rings. The van der Waals surface area contributed by atoms with Gasteiger partial charge in [-0.15, -0.1) is 0 Å². The van der Waals surface area contributed by atoms with E-state index in [-0.39, 0.29) is 17.6 Å². The molecule has 1 aliphatic heterocycles. The van der Waals surface area contributed by atoms with Crippen molar-refractivity contribution < 1.29 is 14.1 Å². The van der Waals surface area contributed by atoms with Gasteiger partial charge < -0.3 is 19.1 Å². The number of allylic oxidation sites excluding steroid dienone is 1. The SMILES string of the molecule is CC(C)(C)OC(=O)N1CCC(c2cc(=O)[nH]c3c(-c4noc(C=C5CCCC5)n4)cnn23)CC1. The van der Waals surface area contributed by atoms with Crippen LogP contribution in [-0.2, 0) is 4.74 Å². The molecule has 0 aromatic carbocycles. The largest absolute Gasteiger partial charge is 0.444 e. The standard InChI is InChI=1S/C24H30N6O4/c1-24(2,3)33-23(32)29-10-8-16(9-11-29)18-13-19(31)26-22-17(14-25-30(18)22)21-27-20(34-28-21)12-15-6-4-5-7-15/h12-14,16H,4-11H2,1-3H3,(H,26,31). The van der Waals surface area contributed by atoms with Crippen LogP contribution in [0.3, 0.4) is 0 Å². The Morgan fingerprint density at radius 3 is 2.68 bits per heavy atom. The summed E-state index contributed by atoms with van der Waals surface area (Å²) in [5.41, 5.74) is 2.55. The molecule has 4 heterocycles. The van der Waals surface area contributed by atoms with Crippen LogP contribution in [0.4, 0.5) is 4.79 Å². The molecule has 180 valence electrons. The van der Waals surface area contributed by atoms with Crippen molar-refractivity contribution in [2.45, 2.75) is 70.8 Å². The maximum absolute atomic E-state index is 12.5. The van der Waals surface area contributed by atoms with E-state index in [9.17, 15) is 9.59 Å². The highest BCUT2D eigenvalue weighted by Crippen LogP contribution is 2.30. The van der Waals surface area contributed by atoms with Crippen molar-refractivity contribution in [3.63, 3.8) is 0 Å². The highest BCUT2D eigenvalue weighted by atomic mass is 16.6. The van der Waals surface area contributed by atoms with Gasteiger partial charge >= 0.3 is 6.09 Å². The van der Waals surface area contributed by atoms with Crippen molar-refractivity contribution in [1.82, 2.24) is 29.6 Å². The molecular weight excluding hydrogens is 436 g/mol. The Kier molecular flexibility index (Phi) is 5.75. The summed E-state index contributed by atoms with van der Waals surface area (Å²) >= 11 is 0. The lowest BCUT2D eigenvalue weighted by atomic mass is 9.93. The molecule has 5 rings (SSSR count). The molecule has 0 radical (unpaired) electrons. The van der Waals surface area contributed by atoms with Crippen LogP contribution in [0.2, 0.25) is 0 Å². The normalized spacial score (nSPS) is 17.5. The Labute approximate surface area is 197 Å². The predicted molar refractivity (Wildman–Crippen MR) is 125 cm³/mol. The minimum atomic E-state index is -0.527. The van der Waals surface area contributed by atoms with Crippen LogP contribution in [0.1, 0.15) is 76.8 Å². The van der Waals surface area contributed by atoms with E-state index in [1.165, 1.54) is 18.4 Å². The fourth-order valence-corrected chi connectivity index (χ4v) is 4.70. The summed E-state index contributed by atoms with van der Waals surface area (Å²) in [6.45, 7) is 6.70. The highest BCUT2D eigenvalue weighted by molar-refractivity contribution is 5.72. The van der Waals surface area contributed by atoms with E-state index in [1.807, 2.05) is 26.8 Å². The Morgan fingerprint density at radius 1 is 1.24 bits per heavy atom. The first-order chi connectivity index (χ1) is 16.3. The van der Waals surface area contributed by atoms with E-state index in [0.29, 0.717) is 48.9 Å². The minimum Gasteiger partial charge on any atom is -0.444 e. The van der Waals surface area contributed by atoms with E-state index >= 15 is 0 Å². The topological polar surface area (TPSA) is 119 Å². The first-order valence-corrected chi connectivity index (χ1v) is 11.9. The molecule has 0 spiro atoms. The van der Waals surface area contributed by atoms with Crippen molar-refractivity contribution in [1.29, 1.82) is 0 Å². The van der Waals surface area contributed by atoms with Crippen LogP contribution in [0, 0.1) is 0 Å². The summed E-state index contributed by atoms with van der Waals surface area (Å²) < 4.78 is 12.7. The van der Waals surface area contributed by atoms with Crippen molar-refractivity contribution >= 4 is 17.8 Å². The predicted octanol–water partition coefficient (Wildman–Crippen LogP) is 4.14. The Hall–Kier alpha value is -3.43. The molecule has 1 amide bonds. The van der Waals surface area contributed by atoms with Crippen molar-refractivity contribution in [2.24, 2.45) is 0 Å². The molecule has 0 atom stereocenters. The number of carbonyl (C=O) groups is 1. The van der Waals surface area contributed by atoms with Gasteiger partial charge in [0, 0.05) is 31.1 Å². The average Bonchev–Trinajstić information content (AvgIpc) is 3.53. The van der Waals surface area contributed by atoms with Crippen molar-refractivity contribution in [3.8, 4) is 11.4 Å². The Balaban J connectivity index is 1.38. The zero-order valence-corrected chi connectivity index (χ0v) is 19.8. The number of fused-ring (bicyclic) bond motifs is 1. The van der Waals surface area contributed by atoms with Gasteiger partial charge in [0.2, 0.25) is 5.82 Å². The molecule has 0 unspecified atom stereocenters. The van der Waals surface area contributed by atoms with Crippen molar-refractivity contribution in [3.05, 3.63) is 39.8 Å². The van der Waals surface area contributed by atoms with E-state index in [2.05, 4.69) is 20.2 Å². The number of likely N-dealkylation sites (tertiary alicyclic amines) is 1. The first kappa shape index (κ1) is 22.4. The van der Waals surface area contributed by atoms with Crippen LogP contribution in [0.25, 0.3) is 23.1 Å². The fraction of sp³-hybridized carbons (Fsp3) is 0.542. The van der Waals surface area contributed by atoms with Gasteiger partial charge in [0.15, 0.2) is 0 Å². The summed E-state index contributed by atoms with van der Waals surface area (Å²) in [6, 6.07) is 1.59. The number of amides is 1. The highest BCUT2D eigenvalue weighted by Gasteiger charge is 2.29. The minimum absolute atomic E-state index is 0.0872. The van der Waals surface area contributed by atoms with E-state index < -0.39 is 5.60 Å². The van der Waals surface area contributed by atoms with Gasteiger partial charge in [-0.1, -0.05) is 10.7 Å². The number of aromatic amines is 1. The lowest BCUT2D eigenvalue weighted by molar-refractivity contribution is 0.0203. The molecule has 10 heteroatoms. The molecule has 1 aliphatic carbocycles. The molecule has 3 aromatic rings. The third-order valence-corrected chi connectivity index (χ3v) is 6.36. The summed E-state index contributed by atoms with van der Waals surface area (Å²) in [4.78, 5) is 34.0. The zero-order valence-electron chi connectivity index (χ0n) is 19.8. The van der Waals surface area contributed by atoms with Crippen LogP contribution >= 0.6 is 0 Å². The summed E-state index contributed by atoms with van der Waals surface area (Å²) in [6.07, 6.45) is 9.27. The lowest BCUT2D eigenvalue weighted by Crippen LogP contribution is -2.41. The lowest BCUT2D eigenvalue weighted by Gasteiger charge is -2.33. The third-order valence-electron chi connectivity index (χ3n) is 6.36. The average molecular weight is 467 g/mol. The van der Waals surface area contributed by atoms with Gasteiger partial charge in [0.25, 0.3) is 11.4 Å². The van der Waals surface area contributed by atoms with Crippen molar-refractivity contribution in [2.75, 3.05) is 13.1 Å². The van der Waals surface area contributed by atoms with Gasteiger partial charge in [-0.05, 0) is 59.3 Å². The summed E-state index contributed by atoms with van der Waals surface area (Å²) in [5, 5.41) is 8.65. The molecule has 34 heavy (non-hydrogen) atoms. The second-order valence-electron chi connectivity index (χ2n) is 10.1. The number of ether oxygens (including phenoxy) is 1. The van der Waals surface area contributed by atoms with Gasteiger partial charge in [0.1, 0.15) is 11.2 Å². The Bertz CT molecular complexity index is 1280. The smallest absolute Gasteiger partial charge is 0.410 e. The monoisotopic (exact) mass is 466 g/mol. The maximum atomic E-state index is 12.5. The first-order valence-electron chi connectivity index (χ1n) is 11.9. The number of piperidine rings is 1. The number of H-pyrrole nitrogens is 1. The Morgan fingerprint density at radius 2 is 1.97 bits per heavy atom. The van der Waals surface area contributed by atoms with Gasteiger partial charge in [-0.25, -0.2) is 9.31 Å². The molecule has 3 aromatic heterocycles. The number of nitrogens with zero attached hydrogens (tertiary/aromatic N) is 5. The van der Waals surface area contributed by atoms with Crippen LogP contribution in [0.5, 0.6) is 0 Å². The van der Waals surface area contributed by atoms with Gasteiger partial charge in [-0.2, -0.15) is 10.1 Å². The molecular formula is C24H30N6O4. The fourth-order valence-electron chi connectivity index (χ4n) is 4.70. The number of hydrogen-bond donors (Lipinski definition) is 1. The number of nitrogens with one attached hydrogen (secondary N) is 1. The quantitative estimate of drug-likeness (QED) is 0.616. The maximum Gasteiger partial charge on any atom is 0.410 e. The second-order valence-corrected chi connectivity index (χ2v) is 10.1. The molecule has 2 fully saturated rings. The number of hydrogen-bond acceptors (Lipinski definition) is 7.